The number of nitrogens with two attached hydrogens (primary N) is 2. The van der Waals surface area contributed by atoms with Crippen molar-refractivity contribution in [3.05, 3.63) is 48.0 Å². The van der Waals surface area contributed by atoms with Crippen molar-refractivity contribution in [2.24, 2.45) is 0 Å². The molecule has 0 radical (unpaired) electrons. The average molecular weight is 272 g/mol. The van der Waals surface area contributed by atoms with Gasteiger partial charge in [-0.2, -0.15) is 0 Å². The molecule has 100 valence electrons. The van der Waals surface area contributed by atoms with Crippen molar-refractivity contribution in [2.75, 3.05) is 11.5 Å². The number of anilines is 2. The summed E-state index contributed by atoms with van der Waals surface area (Å²) in [6, 6.07) is 14.2. The Bertz CT molecular complexity index is 535. The van der Waals surface area contributed by atoms with Crippen molar-refractivity contribution in [2.45, 2.75) is 36.0 Å². The van der Waals surface area contributed by atoms with Gasteiger partial charge in [-0.1, -0.05) is 25.1 Å². The van der Waals surface area contributed by atoms with Gasteiger partial charge in [-0.15, -0.1) is 0 Å². The van der Waals surface area contributed by atoms with E-state index in [-0.39, 0.29) is 0 Å². The molecule has 0 saturated carbocycles. The Hall–Kier alpha value is -1.61. The molecule has 0 aliphatic heterocycles. The molecule has 2 aromatic rings. The third-order valence-corrected chi connectivity index (χ3v) is 4.03. The van der Waals surface area contributed by atoms with Crippen LogP contribution in [-0.2, 0) is 6.42 Å². The summed E-state index contributed by atoms with van der Waals surface area (Å²) in [5, 5.41) is 0. The largest absolute Gasteiger partial charge is 0.399 e. The van der Waals surface area contributed by atoms with Gasteiger partial charge in [-0.05, 0) is 60.9 Å². The fraction of sp³-hybridized carbons (Fsp3) is 0.250. The molecule has 0 aliphatic rings. The summed E-state index contributed by atoms with van der Waals surface area (Å²) in [5.41, 5.74) is 14.7. The molecule has 2 nitrogen and oxygen atoms in total. The van der Waals surface area contributed by atoms with Crippen LogP contribution in [0, 0.1) is 0 Å². The summed E-state index contributed by atoms with van der Waals surface area (Å²) in [5.74, 6) is 0. The Morgan fingerprint density at radius 3 is 2.32 bits per heavy atom. The van der Waals surface area contributed by atoms with E-state index < -0.39 is 0 Å². The Labute approximate surface area is 119 Å². The number of hydrogen-bond donors (Lipinski definition) is 2. The maximum absolute atomic E-state index is 6.02. The highest BCUT2D eigenvalue weighted by molar-refractivity contribution is 7.99. The third-order valence-electron chi connectivity index (χ3n) is 3.03. The summed E-state index contributed by atoms with van der Waals surface area (Å²) in [6.07, 6.45) is 3.42. The highest BCUT2D eigenvalue weighted by Gasteiger charge is 2.03. The molecule has 0 saturated heterocycles. The van der Waals surface area contributed by atoms with Crippen LogP contribution in [0.15, 0.2) is 52.3 Å². The number of hydrogen-bond acceptors (Lipinski definition) is 3. The Morgan fingerprint density at radius 2 is 1.63 bits per heavy atom. The van der Waals surface area contributed by atoms with Gasteiger partial charge in [0.2, 0.25) is 0 Å². The average Bonchev–Trinajstić information content (AvgIpc) is 2.42. The van der Waals surface area contributed by atoms with Crippen LogP contribution in [0.25, 0.3) is 0 Å². The van der Waals surface area contributed by atoms with Crippen LogP contribution in [0.4, 0.5) is 11.4 Å². The first-order chi connectivity index (χ1) is 9.19. The second kappa shape index (κ2) is 6.53. The maximum atomic E-state index is 6.02. The van der Waals surface area contributed by atoms with E-state index in [1.54, 1.807) is 11.8 Å². The lowest BCUT2D eigenvalue weighted by Crippen LogP contribution is -1.94. The SMILES string of the molecule is CCCCc1cc(Sc2ccc(N)cc2)ccc1N. The standard InChI is InChI=1S/C16H20N2S/c1-2-3-4-12-11-15(9-10-16(12)18)19-14-7-5-13(17)6-8-14/h5-11H,2-4,17-18H2,1H3. The van der Waals surface area contributed by atoms with E-state index >= 15 is 0 Å². The molecule has 2 rings (SSSR count). The molecule has 0 spiro atoms. The van der Waals surface area contributed by atoms with Gasteiger partial charge in [-0.3, -0.25) is 0 Å². The Morgan fingerprint density at radius 1 is 0.947 bits per heavy atom. The van der Waals surface area contributed by atoms with E-state index in [0.717, 1.165) is 17.8 Å². The van der Waals surface area contributed by atoms with Crippen molar-refractivity contribution < 1.29 is 0 Å². The molecular weight excluding hydrogens is 252 g/mol. The topological polar surface area (TPSA) is 52.0 Å². The zero-order valence-corrected chi connectivity index (χ0v) is 12.0. The van der Waals surface area contributed by atoms with Crippen molar-refractivity contribution in [1.82, 2.24) is 0 Å². The normalized spacial score (nSPS) is 10.6. The van der Waals surface area contributed by atoms with Gasteiger partial charge < -0.3 is 11.5 Å². The summed E-state index contributed by atoms with van der Waals surface area (Å²) in [6.45, 7) is 2.20. The molecule has 0 atom stereocenters. The molecule has 0 unspecified atom stereocenters. The summed E-state index contributed by atoms with van der Waals surface area (Å²) in [4.78, 5) is 2.42. The fourth-order valence-electron chi connectivity index (χ4n) is 1.90. The first kappa shape index (κ1) is 13.8. The van der Waals surface area contributed by atoms with Crippen LogP contribution in [0.3, 0.4) is 0 Å². The summed E-state index contributed by atoms with van der Waals surface area (Å²) in [7, 11) is 0. The second-order valence-corrected chi connectivity index (χ2v) is 5.78. The van der Waals surface area contributed by atoms with E-state index in [4.69, 9.17) is 11.5 Å². The number of unbranched alkanes of at least 4 members (excludes halogenated alkanes) is 1. The smallest absolute Gasteiger partial charge is 0.0347 e. The number of nitrogen functional groups attached to an aromatic ring is 2. The van der Waals surface area contributed by atoms with E-state index in [2.05, 4.69) is 19.1 Å². The molecule has 3 heteroatoms. The van der Waals surface area contributed by atoms with Crippen LogP contribution >= 0.6 is 11.8 Å². The summed E-state index contributed by atoms with van der Waals surface area (Å²) >= 11 is 1.74. The van der Waals surface area contributed by atoms with Gasteiger partial charge >= 0.3 is 0 Å². The first-order valence-electron chi connectivity index (χ1n) is 6.61. The minimum Gasteiger partial charge on any atom is -0.399 e. The van der Waals surface area contributed by atoms with Crippen molar-refractivity contribution in [3.8, 4) is 0 Å². The fourth-order valence-corrected chi connectivity index (χ4v) is 2.78. The number of benzene rings is 2. The predicted molar refractivity (Wildman–Crippen MR) is 84.4 cm³/mol. The molecule has 0 heterocycles. The van der Waals surface area contributed by atoms with E-state index in [9.17, 15) is 0 Å². The van der Waals surface area contributed by atoms with Gasteiger partial charge in [0, 0.05) is 21.2 Å². The summed E-state index contributed by atoms with van der Waals surface area (Å²) < 4.78 is 0. The van der Waals surface area contributed by atoms with Gasteiger partial charge in [0.25, 0.3) is 0 Å². The van der Waals surface area contributed by atoms with E-state index in [1.165, 1.54) is 28.2 Å². The zero-order valence-electron chi connectivity index (χ0n) is 11.2. The van der Waals surface area contributed by atoms with Crippen LogP contribution < -0.4 is 11.5 Å². The Balaban J connectivity index is 2.14. The van der Waals surface area contributed by atoms with Crippen LogP contribution in [-0.4, -0.2) is 0 Å². The van der Waals surface area contributed by atoms with E-state index in [1.807, 2.05) is 30.3 Å². The van der Waals surface area contributed by atoms with Gasteiger partial charge in [0.1, 0.15) is 0 Å². The maximum Gasteiger partial charge on any atom is 0.0347 e. The van der Waals surface area contributed by atoms with Gasteiger partial charge in [-0.25, -0.2) is 0 Å². The lowest BCUT2D eigenvalue weighted by Gasteiger charge is -2.08. The quantitative estimate of drug-likeness (QED) is 0.796. The highest BCUT2D eigenvalue weighted by atomic mass is 32.2. The molecule has 0 aliphatic carbocycles. The molecule has 0 amide bonds. The second-order valence-electron chi connectivity index (χ2n) is 4.64. The van der Waals surface area contributed by atoms with Crippen LogP contribution in [0.5, 0.6) is 0 Å². The van der Waals surface area contributed by atoms with Crippen molar-refractivity contribution in [1.29, 1.82) is 0 Å². The van der Waals surface area contributed by atoms with E-state index in [0.29, 0.717) is 0 Å². The molecule has 2 aromatic carbocycles. The molecular formula is C16H20N2S. The molecule has 0 aromatic heterocycles. The minimum absolute atomic E-state index is 0.797. The van der Waals surface area contributed by atoms with Crippen LogP contribution in [0.1, 0.15) is 25.3 Å². The Kier molecular flexibility index (Phi) is 4.74. The highest BCUT2D eigenvalue weighted by Crippen LogP contribution is 2.30. The first-order valence-corrected chi connectivity index (χ1v) is 7.42. The van der Waals surface area contributed by atoms with Gasteiger partial charge in [0.15, 0.2) is 0 Å². The van der Waals surface area contributed by atoms with Crippen molar-refractivity contribution >= 4 is 23.1 Å². The molecule has 4 N–H and O–H groups in total. The third kappa shape index (κ3) is 3.93. The predicted octanol–water partition coefficient (Wildman–Crippen LogP) is 4.34. The van der Waals surface area contributed by atoms with Crippen LogP contribution in [0.2, 0.25) is 0 Å². The minimum atomic E-state index is 0.797. The zero-order chi connectivity index (χ0) is 13.7. The molecule has 0 bridgehead atoms. The molecule has 19 heavy (non-hydrogen) atoms. The monoisotopic (exact) mass is 272 g/mol. The number of aryl methyl sites for hydroxylation is 1. The molecule has 0 fully saturated rings. The lowest BCUT2D eigenvalue weighted by atomic mass is 10.1. The lowest BCUT2D eigenvalue weighted by molar-refractivity contribution is 0.795. The van der Waals surface area contributed by atoms with Crippen molar-refractivity contribution in [3.63, 3.8) is 0 Å². The van der Waals surface area contributed by atoms with Gasteiger partial charge in [0.05, 0.1) is 0 Å². The number of rotatable bonds is 5.